The van der Waals surface area contributed by atoms with Gasteiger partial charge in [-0.25, -0.2) is 0 Å². The Morgan fingerprint density at radius 1 is 1.47 bits per heavy atom. The lowest BCUT2D eigenvalue weighted by molar-refractivity contribution is -0.143. The lowest BCUT2D eigenvalue weighted by Crippen LogP contribution is -2.38. The molecule has 0 unspecified atom stereocenters. The van der Waals surface area contributed by atoms with Crippen molar-refractivity contribution in [3.63, 3.8) is 0 Å². The molecule has 0 aromatic rings. The molecule has 0 atom stereocenters. The van der Waals surface area contributed by atoms with Gasteiger partial charge in [-0.1, -0.05) is 12.2 Å². The molecule has 0 radical (unpaired) electrons. The molecule has 1 aliphatic rings. The molecule has 1 rings (SSSR count). The van der Waals surface area contributed by atoms with Gasteiger partial charge in [0, 0.05) is 19.6 Å². The molecule has 0 aromatic carbocycles. The van der Waals surface area contributed by atoms with Crippen LogP contribution in [0.4, 0.5) is 0 Å². The second-order valence-electron chi connectivity index (χ2n) is 3.81. The molecule has 15 heavy (non-hydrogen) atoms. The molecule has 0 bridgehead atoms. The maximum atomic E-state index is 11.2. The summed E-state index contributed by atoms with van der Waals surface area (Å²) in [5.74, 6) is -0.184. The first-order valence-corrected chi connectivity index (χ1v) is 5.28. The van der Waals surface area contributed by atoms with Crippen LogP contribution in [0.3, 0.4) is 0 Å². The summed E-state index contributed by atoms with van der Waals surface area (Å²) < 4.78 is 10.3. The van der Waals surface area contributed by atoms with Gasteiger partial charge in [-0.3, -0.25) is 9.69 Å². The largest absolute Gasteiger partial charge is 0.464 e. The van der Waals surface area contributed by atoms with E-state index in [1.54, 1.807) is 0 Å². The monoisotopic (exact) mass is 213 g/mol. The third-order valence-corrected chi connectivity index (χ3v) is 2.22. The van der Waals surface area contributed by atoms with Gasteiger partial charge in [0.15, 0.2) is 0 Å². The van der Waals surface area contributed by atoms with Gasteiger partial charge in [0.25, 0.3) is 0 Å². The van der Waals surface area contributed by atoms with Crippen molar-refractivity contribution in [1.82, 2.24) is 4.90 Å². The minimum atomic E-state index is -0.184. The lowest BCUT2D eigenvalue weighted by atomic mass is 10.2. The highest BCUT2D eigenvalue weighted by atomic mass is 16.5. The smallest absolute Gasteiger partial charge is 0.309 e. The van der Waals surface area contributed by atoms with Gasteiger partial charge in [-0.05, 0) is 6.92 Å². The van der Waals surface area contributed by atoms with Gasteiger partial charge in [0.2, 0.25) is 0 Å². The molecule has 0 saturated carbocycles. The maximum Gasteiger partial charge on any atom is 0.309 e. The van der Waals surface area contributed by atoms with E-state index in [0.29, 0.717) is 13.0 Å². The summed E-state index contributed by atoms with van der Waals surface area (Å²) in [6.45, 7) is 10.2. The van der Waals surface area contributed by atoms with Crippen molar-refractivity contribution in [2.24, 2.45) is 0 Å². The number of rotatable bonds is 5. The molecule has 4 heteroatoms. The first-order chi connectivity index (χ1) is 7.18. The zero-order valence-corrected chi connectivity index (χ0v) is 9.33. The molecular weight excluding hydrogens is 194 g/mol. The molecule has 1 fully saturated rings. The van der Waals surface area contributed by atoms with Crippen molar-refractivity contribution in [3.8, 4) is 0 Å². The minimum Gasteiger partial charge on any atom is -0.464 e. The van der Waals surface area contributed by atoms with Crippen LogP contribution in [-0.2, 0) is 14.3 Å². The van der Waals surface area contributed by atoms with E-state index in [1.165, 1.54) is 0 Å². The van der Waals surface area contributed by atoms with Crippen LogP contribution in [0.15, 0.2) is 12.2 Å². The number of esters is 1. The van der Waals surface area contributed by atoms with E-state index in [0.717, 1.165) is 38.4 Å². The fourth-order valence-corrected chi connectivity index (χ4v) is 1.41. The Hall–Kier alpha value is -0.870. The summed E-state index contributed by atoms with van der Waals surface area (Å²) in [7, 11) is 0. The van der Waals surface area contributed by atoms with Crippen molar-refractivity contribution < 1.29 is 14.3 Å². The van der Waals surface area contributed by atoms with Crippen LogP contribution in [-0.4, -0.2) is 50.3 Å². The average molecular weight is 213 g/mol. The van der Waals surface area contributed by atoms with Gasteiger partial charge in [0.1, 0.15) is 6.61 Å². The molecule has 0 spiro atoms. The third kappa shape index (κ3) is 5.54. The summed E-state index contributed by atoms with van der Waals surface area (Å²) >= 11 is 0. The summed E-state index contributed by atoms with van der Waals surface area (Å²) in [5, 5.41) is 0. The molecule has 1 saturated heterocycles. The van der Waals surface area contributed by atoms with Crippen molar-refractivity contribution in [3.05, 3.63) is 12.2 Å². The first kappa shape index (κ1) is 12.2. The van der Waals surface area contributed by atoms with Gasteiger partial charge in [0.05, 0.1) is 19.6 Å². The van der Waals surface area contributed by atoms with E-state index < -0.39 is 0 Å². The van der Waals surface area contributed by atoms with Crippen molar-refractivity contribution in [2.45, 2.75) is 13.3 Å². The van der Waals surface area contributed by atoms with Crippen LogP contribution in [0.2, 0.25) is 0 Å². The fraction of sp³-hybridized carbons (Fsp3) is 0.727. The first-order valence-electron chi connectivity index (χ1n) is 5.28. The Morgan fingerprint density at radius 3 is 2.73 bits per heavy atom. The Bertz CT molecular complexity index is 222. The molecule has 0 aromatic heterocycles. The fourth-order valence-electron chi connectivity index (χ4n) is 1.41. The van der Waals surface area contributed by atoms with Crippen molar-refractivity contribution >= 4 is 5.97 Å². The van der Waals surface area contributed by atoms with E-state index in [-0.39, 0.29) is 5.97 Å². The molecule has 86 valence electrons. The summed E-state index contributed by atoms with van der Waals surface area (Å²) in [4.78, 5) is 13.4. The zero-order chi connectivity index (χ0) is 11.1. The second-order valence-corrected chi connectivity index (χ2v) is 3.81. The molecule has 1 aliphatic heterocycles. The van der Waals surface area contributed by atoms with Gasteiger partial charge in [-0.15, -0.1) is 0 Å². The van der Waals surface area contributed by atoms with Crippen LogP contribution in [0.25, 0.3) is 0 Å². The molecule has 0 N–H and O–H groups in total. The summed E-state index contributed by atoms with van der Waals surface area (Å²) in [5.41, 5.74) is 0.839. The predicted molar refractivity (Wildman–Crippen MR) is 57.6 cm³/mol. The van der Waals surface area contributed by atoms with E-state index in [2.05, 4.69) is 11.5 Å². The SMILES string of the molecule is C=C(C)CC(=O)OCCN1CCOCC1. The van der Waals surface area contributed by atoms with Gasteiger partial charge < -0.3 is 9.47 Å². The Morgan fingerprint density at radius 2 is 2.13 bits per heavy atom. The number of carbonyl (C=O) groups excluding carboxylic acids is 1. The van der Waals surface area contributed by atoms with Crippen molar-refractivity contribution in [1.29, 1.82) is 0 Å². The Labute approximate surface area is 90.8 Å². The normalized spacial score (nSPS) is 17.4. The van der Waals surface area contributed by atoms with E-state index >= 15 is 0 Å². The topological polar surface area (TPSA) is 38.8 Å². The third-order valence-electron chi connectivity index (χ3n) is 2.22. The number of nitrogens with zero attached hydrogens (tertiary/aromatic N) is 1. The molecule has 0 aliphatic carbocycles. The number of ether oxygens (including phenoxy) is 2. The van der Waals surface area contributed by atoms with Crippen LogP contribution in [0.1, 0.15) is 13.3 Å². The van der Waals surface area contributed by atoms with Gasteiger partial charge >= 0.3 is 5.97 Å². The number of hydrogen-bond donors (Lipinski definition) is 0. The zero-order valence-electron chi connectivity index (χ0n) is 9.33. The number of hydrogen-bond acceptors (Lipinski definition) is 4. The van der Waals surface area contributed by atoms with Crippen LogP contribution < -0.4 is 0 Å². The van der Waals surface area contributed by atoms with E-state index in [4.69, 9.17) is 9.47 Å². The van der Waals surface area contributed by atoms with Gasteiger partial charge in [-0.2, -0.15) is 0 Å². The lowest BCUT2D eigenvalue weighted by Gasteiger charge is -2.26. The highest BCUT2D eigenvalue weighted by Gasteiger charge is 2.10. The number of morpholine rings is 1. The standard InChI is InChI=1S/C11H19NO3/c1-10(2)9-11(13)15-8-5-12-3-6-14-7-4-12/h1,3-9H2,2H3. The van der Waals surface area contributed by atoms with Crippen LogP contribution >= 0.6 is 0 Å². The Balaban J connectivity index is 2.04. The quantitative estimate of drug-likeness (QED) is 0.501. The molecular formula is C11H19NO3. The number of carbonyl (C=O) groups is 1. The van der Waals surface area contributed by atoms with E-state index in [9.17, 15) is 4.79 Å². The summed E-state index contributed by atoms with van der Waals surface area (Å²) in [6, 6.07) is 0. The predicted octanol–water partition coefficient (Wildman–Crippen LogP) is 0.828. The maximum absolute atomic E-state index is 11.2. The second kappa shape index (κ2) is 6.58. The minimum absolute atomic E-state index is 0.184. The highest BCUT2D eigenvalue weighted by molar-refractivity contribution is 5.72. The van der Waals surface area contributed by atoms with Crippen LogP contribution in [0, 0.1) is 0 Å². The average Bonchev–Trinajstić information content (AvgIpc) is 2.18. The highest BCUT2D eigenvalue weighted by Crippen LogP contribution is 1.99. The summed E-state index contributed by atoms with van der Waals surface area (Å²) in [6.07, 6.45) is 0.323. The Kier molecular flexibility index (Phi) is 5.36. The molecule has 0 amide bonds. The molecule has 4 nitrogen and oxygen atoms in total. The van der Waals surface area contributed by atoms with Crippen molar-refractivity contribution in [2.75, 3.05) is 39.5 Å². The van der Waals surface area contributed by atoms with E-state index in [1.807, 2.05) is 6.92 Å². The molecule has 1 heterocycles. The van der Waals surface area contributed by atoms with Crippen LogP contribution in [0.5, 0.6) is 0 Å².